The van der Waals surface area contributed by atoms with Crippen LogP contribution in [0, 0.1) is 0 Å². The van der Waals surface area contributed by atoms with E-state index in [9.17, 15) is 4.79 Å². The summed E-state index contributed by atoms with van der Waals surface area (Å²) in [7, 11) is 1.94. The van der Waals surface area contributed by atoms with E-state index in [1.807, 2.05) is 24.2 Å². The number of amides is 1. The highest BCUT2D eigenvalue weighted by Gasteiger charge is 2.23. The minimum atomic E-state index is 0.0841. The minimum absolute atomic E-state index is 0.0841. The van der Waals surface area contributed by atoms with Gasteiger partial charge in [0.15, 0.2) is 0 Å². The van der Waals surface area contributed by atoms with E-state index in [-0.39, 0.29) is 5.91 Å². The van der Waals surface area contributed by atoms with Crippen molar-refractivity contribution in [3.8, 4) is 11.1 Å². The Balaban J connectivity index is 1.64. The Morgan fingerprint density at radius 3 is 2.80 bits per heavy atom. The van der Waals surface area contributed by atoms with Gasteiger partial charge in [0.05, 0.1) is 5.56 Å². The maximum atomic E-state index is 12.9. The quantitative estimate of drug-likeness (QED) is 0.636. The van der Waals surface area contributed by atoms with E-state index >= 15 is 0 Å². The molecule has 0 atom stereocenters. The first-order valence-corrected chi connectivity index (χ1v) is 9.81. The van der Waals surface area contributed by atoms with Gasteiger partial charge in [0.25, 0.3) is 5.91 Å². The minimum Gasteiger partial charge on any atom is -0.339 e. The predicted molar refractivity (Wildman–Crippen MR) is 104 cm³/mol. The summed E-state index contributed by atoms with van der Waals surface area (Å²) in [5.41, 5.74) is 2.85. The predicted octanol–water partition coefficient (Wildman–Crippen LogP) is 5.37. The van der Waals surface area contributed by atoms with E-state index < -0.39 is 0 Å². The number of hydrogen-bond acceptors (Lipinski definition) is 3. The largest absolute Gasteiger partial charge is 0.339 e. The fraction of sp³-hybridized carbons (Fsp3) is 0.333. The molecule has 1 amide bonds. The van der Waals surface area contributed by atoms with Crippen LogP contribution in [0.3, 0.4) is 0 Å². The molecule has 0 aliphatic heterocycles. The van der Waals surface area contributed by atoms with Crippen LogP contribution in [0.2, 0.25) is 0 Å². The molecule has 25 heavy (non-hydrogen) atoms. The monoisotopic (exact) mass is 350 g/mol. The summed E-state index contributed by atoms with van der Waals surface area (Å²) < 4.78 is 1.26. The summed E-state index contributed by atoms with van der Waals surface area (Å²) in [6.07, 6.45) is 9.52. The van der Waals surface area contributed by atoms with Crippen LogP contribution in [0.4, 0.5) is 0 Å². The standard InChI is InChI=1S/C21H22N2OS/c1-23(17-7-3-2-4-8-17)21(24)16-11-15(12-22-13-16)19-14-25-20-10-6-5-9-18(19)20/h5-6,9-14,17H,2-4,7-8H2,1H3. The van der Waals surface area contributed by atoms with Crippen LogP contribution >= 0.6 is 11.3 Å². The van der Waals surface area contributed by atoms with Gasteiger partial charge in [-0.1, -0.05) is 37.5 Å². The van der Waals surface area contributed by atoms with Crippen LogP contribution in [0.25, 0.3) is 21.2 Å². The van der Waals surface area contributed by atoms with E-state index in [1.54, 1.807) is 17.5 Å². The van der Waals surface area contributed by atoms with Crippen molar-refractivity contribution in [3.05, 3.63) is 53.7 Å². The molecule has 0 spiro atoms. The Kier molecular flexibility index (Phi) is 4.53. The van der Waals surface area contributed by atoms with E-state index in [0.29, 0.717) is 11.6 Å². The van der Waals surface area contributed by atoms with Crippen LogP contribution in [-0.4, -0.2) is 28.9 Å². The number of carbonyl (C=O) groups excluding carboxylic acids is 1. The first-order chi connectivity index (χ1) is 12.2. The molecule has 1 aliphatic carbocycles. The molecule has 3 aromatic rings. The normalized spacial score (nSPS) is 15.4. The van der Waals surface area contributed by atoms with Gasteiger partial charge in [-0.05, 0) is 30.4 Å². The van der Waals surface area contributed by atoms with Gasteiger partial charge < -0.3 is 4.90 Å². The van der Waals surface area contributed by atoms with Crippen LogP contribution in [-0.2, 0) is 0 Å². The number of fused-ring (bicyclic) bond motifs is 1. The molecule has 2 heterocycles. The van der Waals surface area contributed by atoms with E-state index in [2.05, 4.69) is 34.6 Å². The lowest BCUT2D eigenvalue weighted by atomic mass is 9.94. The highest BCUT2D eigenvalue weighted by atomic mass is 32.1. The maximum Gasteiger partial charge on any atom is 0.255 e. The van der Waals surface area contributed by atoms with Crippen LogP contribution in [0.1, 0.15) is 42.5 Å². The van der Waals surface area contributed by atoms with Crippen LogP contribution < -0.4 is 0 Å². The van der Waals surface area contributed by atoms with Crippen LogP contribution in [0.15, 0.2) is 48.1 Å². The second-order valence-corrected chi connectivity index (χ2v) is 7.73. The average molecular weight is 350 g/mol. The van der Waals surface area contributed by atoms with Gasteiger partial charge in [0.1, 0.15) is 0 Å². The second-order valence-electron chi connectivity index (χ2n) is 6.82. The maximum absolute atomic E-state index is 12.9. The zero-order valence-corrected chi connectivity index (χ0v) is 15.3. The van der Waals surface area contributed by atoms with Gasteiger partial charge in [0.2, 0.25) is 0 Å². The molecule has 4 rings (SSSR count). The van der Waals surface area contributed by atoms with Crippen molar-refractivity contribution in [2.45, 2.75) is 38.1 Å². The van der Waals surface area contributed by atoms with Crippen molar-refractivity contribution in [2.24, 2.45) is 0 Å². The zero-order chi connectivity index (χ0) is 17.2. The lowest BCUT2D eigenvalue weighted by molar-refractivity contribution is 0.0696. The second kappa shape index (κ2) is 6.96. The van der Waals surface area contributed by atoms with Crippen LogP contribution in [0.5, 0.6) is 0 Å². The zero-order valence-electron chi connectivity index (χ0n) is 14.4. The smallest absolute Gasteiger partial charge is 0.255 e. The molecule has 0 saturated heterocycles. The first kappa shape index (κ1) is 16.3. The molecule has 1 saturated carbocycles. The number of benzene rings is 1. The Bertz CT molecular complexity index is 896. The third-order valence-corrected chi connectivity index (χ3v) is 6.18. The number of aromatic nitrogens is 1. The molecule has 4 heteroatoms. The highest BCUT2D eigenvalue weighted by Crippen LogP contribution is 2.34. The van der Waals surface area contributed by atoms with Gasteiger partial charge >= 0.3 is 0 Å². The molecule has 1 fully saturated rings. The molecule has 3 nitrogen and oxygen atoms in total. The third-order valence-electron chi connectivity index (χ3n) is 5.22. The molecule has 1 aliphatic rings. The summed E-state index contributed by atoms with van der Waals surface area (Å²) in [5, 5.41) is 3.38. The van der Waals surface area contributed by atoms with E-state index in [4.69, 9.17) is 0 Å². The number of pyridine rings is 1. The molecule has 0 N–H and O–H groups in total. The van der Waals surface area contributed by atoms with Crippen molar-refractivity contribution in [1.29, 1.82) is 0 Å². The topological polar surface area (TPSA) is 33.2 Å². The Morgan fingerprint density at radius 1 is 1.16 bits per heavy atom. The van der Waals surface area contributed by atoms with Crippen molar-refractivity contribution < 1.29 is 4.79 Å². The molecule has 0 bridgehead atoms. The van der Waals surface area contributed by atoms with Gasteiger partial charge in [-0.15, -0.1) is 11.3 Å². The summed E-state index contributed by atoms with van der Waals surface area (Å²) in [6, 6.07) is 10.7. The molecular weight excluding hydrogens is 328 g/mol. The van der Waals surface area contributed by atoms with E-state index in [1.165, 1.54) is 29.3 Å². The highest BCUT2D eigenvalue weighted by molar-refractivity contribution is 7.17. The number of nitrogens with zero attached hydrogens (tertiary/aromatic N) is 2. The summed E-state index contributed by atoms with van der Waals surface area (Å²) in [5.74, 6) is 0.0841. The van der Waals surface area contributed by atoms with Gasteiger partial charge in [-0.3, -0.25) is 9.78 Å². The summed E-state index contributed by atoms with van der Waals surface area (Å²) in [4.78, 5) is 19.2. The van der Waals surface area contributed by atoms with Gasteiger partial charge in [-0.25, -0.2) is 0 Å². The average Bonchev–Trinajstić information content (AvgIpc) is 3.12. The Morgan fingerprint density at radius 2 is 1.96 bits per heavy atom. The first-order valence-electron chi connectivity index (χ1n) is 8.93. The molecule has 1 aromatic carbocycles. The number of carbonyl (C=O) groups is 1. The van der Waals surface area contributed by atoms with E-state index in [0.717, 1.165) is 24.0 Å². The molecular formula is C21H22N2OS. The van der Waals surface area contributed by atoms with Crippen molar-refractivity contribution >= 4 is 27.3 Å². The lowest BCUT2D eigenvalue weighted by Crippen LogP contribution is -2.38. The summed E-state index contributed by atoms with van der Waals surface area (Å²) in [6.45, 7) is 0. The van der Waals surface area contributed by atoms with Gasteiger partial charge in [-0.2, -0.15) is 0 Å². The lowest BCUT2D eigenvalue weighted by Gasteiger charge is -2.31. The molecule has 0 radical (unpaired) electrons. The third kappa shape index (κ3) is 3.19. The molecule has 2 aromatic heterocycles. The SMILES string of the molecule is CN(C(=O)c1cncc(-c2csc3ccccc23)c1)C1CCCCC1. The fourth-order valence-corrected chi connectivity index (χ4v) is 4.71. The summed E-state index contributed by atoms with van der Waals surface area (Å²) >= 11 is 1.73. The molecule has 128 valence electrons. The van der Waals surface area contributed by atoms with Crippen molar-refractivity contribution in [1.82, 2.24) is 9.88 Å². The Labute approximate surface area is 152 Å². The van der Waals surface area contributed by atoms with Gasteiger partial charge in [0, 0.05) is 46.7 Å². The molecule has 0 unspecified atom stereocenters. The number of hydrogen-bond donors (Lipinski definition) is 0. The number of thiophene rings is 1. The number of rotatable bonds is 3. The fourth-order valence-electron chi connectivity index (χ4n) is 3.74. The van der Waals surface area contributed by atoms with Crippen molar-refractivity contribution in [3.63, 3.8) is 0 Å². The Hall–Kier alpha value is -2.20. The van der Waals surface area contributed by atoms with Crippen molar-refractivity contribution in [2.75, 3.05) is 7.05 Å².